The maximum absolute atomic E-state index is 13.5. The van der Waals surface area contributed by atoms with Crippen LogP contribution in [0.3, 0.4) is 0 Å². The Kier molecular flexibility index (Phi) is 8.19. The average molecular weight is 465 g/mol. The highest BCUT2D eigenvalue weighted by Gasteiger charge is 2.53. The fourth-order valence-electron chi connectivity index (χ4n) is 4.35. The summed E-state index contributed by atoms with van der Waals surface area (Å²) in [7, 11) is 0. The van der Waals surface area contributed by atoms with Gasteiger partial charge >= 0.3 is 12.1 Å². The smallest absolute Gasteiger partial charge is 0.411 e. The van der Waals surface area contributed by atoms with E-state index in [2.05, 4.69) is 29.4 Å². The predicted octanol–water partition coefficient (Wildman–Crippen LogP) is 3.76. The number of amides is 2. The number of likely N-dealkylation sites (tertiary alicyclic amines) is 1. The fourth-order valence-corrected chi connectivity index (χ4v) is 4.35. The number of ether oxygens (including phenoxy) is 2. The Balaban J connectivity index is 2.60. The maximum atomic E-state index is 13.5. The Morgan fingerprint density at radius 3 is 2.21 bits per heavy atom. The van der Waals surface area contributed by atoms with Crippen molar-refractivity contribution in [2.75, 3.05) is 0 Å². The van der Waals surface area contributed by atoms with Gasteiger partial charge in [-0.3, -0.25) is 14.8 Å². The van der Waals surface area contributed by atoms with Crippen LogP contribution in [0.1, 0.15) is 86.8 Å². The summed E-state index contributed by atoms with van der Waals surface area (Å²) in [4.78, 5) is 40.4. The first-order valence-electron chi connectivity index (χ1n) is 11.6. The summed E-state index contributed by atoms with van der Waals surface area (Å²) in [5.74, 6) is -0.723. The summed E-state index contributed by atoms with van der Waals surface area (Å²) in [6, 6.07) is 0.0588. The molecule has 0 radical (unpaired) electrons. The number of carbonyl (C=O) groups excluding carboxylic acids is 3. The lowest BCUT2D eigenvalue weighted by Gasteiger charge is -2.38. The highest BCUT2D eigenvalue weighted by molar-refractivity contribution is 5.83. The largest absolute Gasteiger partial charge is 0.458 e. The van der Waals surface area contributed by atoms with E-state index >= 15 is 0 Å². The van der Waals surface area contributed by atoms with E-state index in [1.54, 1.807) is 47.7 Å². The lowest BCUT2D eigenvalue weighted by Crippen LogP contribution is -2.56. The maximum Gasteiger partial charge on any atom is 0.411 e. The number of carbonyl (C=O) groups is 3. The molecule has 0 bridgehead atoms. The first-order valence-corrected chi connectivity index (χ1v) is 11.6. The van der Waals surface area contributed by atoms with Crippen molar-refractivity contribution in [1.82, 2.24) is 20.4 Å². The Morgan fingerprint density at radius 2 is 1.76 bits per heavy atom. The molecule has 0 aliphatic carbocycles. The van der Waals surface area contributed by atoms with E-state index in [4.69, 9.17) is 9.47 Å². The molecule has 1 aliphatic rings. The lowest BCUT2D eigenvalue weighted by atomic mass is 9.86. The number of H-pyrrole nitrogens is 1. The Morgan fingerprint density at radius 1 is 1.15 bits per heavy atom. The van der Waals surface area contributed by atoms with Crippen molar-refractivity contribution < 1.29 is 23.9 Å². The molecule has 4 atom stereocenters. The van der Waals surface area contributed by atoms with Gasteiger partial charge in [0.05, 0.1) is 12.1 Å². The van der Waals surface area contributed by atoms with Crippen molar-refractivity contribution in [2.45, 2.75) is 110 Å². The first-order chi connectivity index (χ1) is 15.1. The highest BCUT2D eigenvalue weighted by Crippen LogP contribution is 2.41. The third-order valence-corrected chi connectivity index (χ3v) is 5.28. The molecule has 0 aromatic carbocycles. The van der Waals surface area contributed by atoms with Crippen LogP contribution in [0, 0.1) is 5.92 Å². The number of rotatable bonds is 6. The normalized spacial score (nSPS) is 22.2. The van der Waals surface area contributed by atoms with Gasteiger partial charge in [0, 0.05) is 24.7 Å². The molecule has 9 nitrogen and oxygen atoms in total. The molecular formula is C24H40N4O5. The van der Waals surface area contributed by atoms with Crippen LogP contribution >= 0.6 is 0 Å². The van der Waals surface area contributed by atoms with E-state index in [0.717, 1.165) is 5.69 Å². The Labute approximate surface area is 197 Å². The SMILES string of the molecule is CC(=O)N[C@@H](CC(C)C)[C@H]1[C@H](c2ccn[nH]2)CC(C(=O)OC(C)(C)C)N1C(=O)OC(C)(C)C. The summed E-state index contributed by atoms with van der Waals surface area (Å²) in [6.45, 7) is 16.3. The van der Waals surface area contributed by atoms with E-state index in [1.165, 1.54) is 11.8 Å². The van der Waals surface area contributed by atoms with Gasteiger partial charge in [0.25, 0.3) is 0 Å². The first kappa shape index (κ1) is 26.7. The van der Waals surface area contributed by atoms with Crippen LogP contribution in [0.2, 0.25) is 0 Å². The molecule has 1 aliphatic heterocycles. The summed E-state index contributed by atoms with van der Waals surface area (Å²) in [5.41, 5.74) is -0.681. The van der Waals surface area contributed by atoms with Crippen LogP contribution in [0.4, 0.5) is 4.79 Å². The van der Waals surface area contributed by atoms with Gasteiger partial charge in [-0.25, -0.2) is 9.59 Å². The van der Waals surface area contributed by atoms with Crippen LogP contribution in [-0.2, 0) is 19.1 Å². The van der Waals surface area contributed by atoms with Gasteiger partial charge in [0.2, 0.25) is 5.91 Å². The minimum Gasteiger partial charge on any atom is -0.458 e. The highest BCUT2D eigenvalue weighted by atomic mass is 16.6. The second kappa shape index (κ2) is 10.1. The van der Waals surface area contributed by atoms with Crippen LogP contribution in [0.15, 0.2) is 12.3 Å². The van der Waals surface area contributed by atoms with Gasteiger partial charge < -0.3 is 14.8 Å². The topological polar surface area (TPSA) is 114 Å². The molecule has 1 fully saturated rings. The second-order valence-electron chi connectivity index (χ2n) is 11.2. The molecular weight excluding hydrogens is 424 g/mol. The molecule has 0 saturated carbocycles. The summed E-state index contributed by atoms with van der Waals surface area (Å²) >= 11 is 0. The molecule has 33 heavy (non-hydrogen) atoms. The van der Waals surface area contributed by atoms with E-state index in [-0.39, 0.29) is 17.7 Å². The molecule has 2 heterocycles. The van der Waals surface area contributed by atoms with Crippen LogP contribution in [-0.4, -0.2) is 62.4 Å². The van der Waals surface area contributed by atoms with Gasteiger partial charge in [0.1, 0.15) is 17.2 Å². The number of nitrogens with one attached hydrogen (secondary N) is 2. The second-order valence-corrected chi connectivity index (χ2v) is 11.2. The number of hydrogen-bond donors (Lipinski definition) is 2. The fraction of sp³-hybridized carbons (Fsp3) is 0.750. The molecule has 1 aromatic heterocycles. The average Bonchev–Trinajstić information content (AvgIpc) is 3.24. The quantitative estimate of drug-likeness (QED) is 0.620. The number of hydrogen-bond acceptors (Lipinski definition) is 6. The van der Waals surface area contributed by atoms with E-state index in [9.17, 15) is 14.4 Å². The van der Waals surface area contributed by atoms with Crippen molar-refractivity contribution >= 4 is 18.0 Å². The Hall–Kier alpha value is -2.58. The van der Waals surface area contributed by atoms with Crippen molar-refractivity contribution in [1.29, 1.82) is 0 Å². The van der Waals surface area contributed by atoms with E-state index < -0.39 is 41.4 Å². The zero-order chi connectivity index (χ0) is 25.1. The minimum atomic E-state index is -0.860. The standard InChI is InChI=1S/C24H40N4O5/c1-14(2)12-18(26-15(3)29)20-16(17-10-11-25-27-17)13-19(21(30)32-23(4,5)6)28(20)22(31)33-24(7,8)9/h10-11,14,16,18-20H,12-13H2,1-9H3,(H,25,27)(H,26,29)/t16-,18-,19?,20+/m0/s1. The third-order valence-electron chi connectivity index (χ3n) is 5.28. The molecule has 1 saturated heterocycles. The van der Waals surface area contributed by atoms with Crippen molar-refractivity contribution in [3.63, 3.8) is 0 Å². The van der Waals surface area contributed by atoms with Crippen molar-refractivity contribution in [3.8, 4) is 0 Å². The van der Waals surface area contributed by atoms with Crippen molar-refractivity contribution in [2.24, 2.45) is 5.92 Å². The molecule has 186 valence electrons. The van der Waals surface area contributed by atoms with Crippen LogP contribution < -0.4 is 5.32 Å². The van der Waals surface area contributed by atoms with Crippen LogP contribution in [0.5, 0.6) is 0 Å². The summed E-state index contributed by atoms with van der Waals surface area (Å²) in [5, 5.41) is 10.1. The number of aromatic amines is 1. The van der Waals surface area contributed by atoms with E-state index in [1.807, 2.05) is 6.07 Å². The molecule has 2 N–H and O–H groups in total. The van der Waals surface area contributed by atoms with E-state index in [0.29, 0.717) is 12.8 Å². The number of nitrogens with zero attached hydrogens (tertiary/aromatic N) is 2. The van der Waals surface area contributed by atoms with Gasteiger partial charge in [-0.1, -0.05) is 13.8 Å². The molecule has 2 amide bonds. The summed E-state index contributed by atoms with van der Waals surface area (Å²) < 4.78 is 11.4. The molecule has 0 spiro atoms. The van der Waals surface area contributed by atoms with Gasteiger partial charge in [-0.2, -0.15) is 5.10 Å². The van der Waals surface area contributed by atoms with Crippen molar-refractivity contribution in [3.05, 3.63) is 18.0 Å². The van der Waals surface area contributed by atoms with Crippen LogP contribution in [0.25, 0.3) is 0 Å². The molecule has 1 aromatic rings. The van der Waals surface area contributed by atoms with Gasteiger partial charge in [-0.05, 0) is 66.4 Å². The molecule has 2 rings (SSSR count). The minimum absolute atomic E-state index is 0.200. The predicted molar refractivity (Wildman–Crippen MR) is 124 cm³/mol. The Bertz CT molecular complexity index is 823. The number of esters is 1. The van der Waals surface area contributed by atoms with Gasteiger partial charge in [0.15, 0.2) is 0 Å². The lowest BCUT2D eigenvalue weighted by molar-refractivity contribution is -0.160. The molecule has 9 heteroatoms. The molecule has 1 unspecified atom stereocenters. The number of aromatic nitrogens is 2. The summed E-state index contributed by atoms with van der Waals surface area (Å²) in [6.07, 6.45) is 1.98. The monoisotopic (exact) mass is 464 g/mol. The third kappa shape index (κ3) is 7.47. The zero-order valence-electron chi connectivity index (χ0n) is 21.4. The van der Waals surface area contributed by atoms with Gasteiger partial charge in [-0.15, -0.1) is 0 Å². The zero-order valence-corrected chi connectivity index (χ0v) is 21.4.